The number of amides is 2. The molecule has 9 rings (SSSR count). The summed E-state index contributed by atoms with van der Waals surface area (Å²) < 4.78 is 236. The topological polar surface area (TPSA) is 435 Å². The van der Waals surface area contributed by atoms with E-state index in [1.54, 1.807) is 48.5 Å². The van der Waals surface area contributed by atoms with E-state index in [4.69, 9.17) is 96.1 Å². The Morgan fingerprint density at radius 1 is 0.635 bits per heavy atom. The first-order chi connectivity index (χ1) is 58.6. The van der Waals surface area contributed by atoms with Gasteiger partial charge in [0, 0.05) is 71.0 Å². The number of ketones is 1. The Bertz CT molecular complexity index is 5050. The number of aromatic amines is 1. The number of nitrogen functional groups attached to an aromatic ring is 1. The number of rotatable bonds is 10. The van der Waals surface area contributed by atoms with Crippen LogP contribution in [0.15, 0.2) is 121 Å². The number of esters is 1. The summed E-state index contributed by atoms with van der Waals surface area (Å²) in [5.74, 6) is -5.09. The van der Waals surface area contributed by atoms with Gasteiger partial charge in [0.1, 0.15) is 72.1 Å². The summed E-state index contributed by atoms with van der Waals surface area (Å²) in [4.78, 5) is 121. The molecule has 0 saturated heterocycles. The zero-order valence-electron chi connectivity index (χ0n) is 67.9. The number of carbonyl (C=O) groups is 5. The first kappa shape index (κ1) is 163. The molecule has 0 atom stereocenters. The Morgan fingerprint density at radius 2 is 1.02 bits per heavy atom. The third-order valence-corrected chi connectivity index (χ3v) is 12.4. The summed E-state index contributed by atoms with van der Waals surface area (Å²) in [5, 5.41) is 10.0. The summed E-state index contributed by atoms with van der Waals surface area (Å²) in [5.41, 5.74) is 2.73. The fraction of sp³-hybridized carbons (Fsp3) is 0.382. The van der Waals surface area contributed by atoms with Crippen molar-refractivity contribution >= 4 is 197 Å². The zero-order valence-corrected chi connectivity index (χ0v) is 83.5. The Labute approximate surface area is 873 Å². The van der Waals surface area contributed by atoms with Crippen molar-refractivity contribution in [2.24, 2.45) is 10.0 Å². The third kappa shape index (κ3) is 78.6. The van der Waals surface area contributed by atoms with Gasteiger partial charge >= 0.3 is 128 Å². The van der Waals surface area contributed by atoms with Crippen LogP contribution in [-0.2, 0) is 95.4 Å². The summed E-state index contributed by atoms with van der Waals surface area (Å²) in [6.07, 6.45) is -10.3. The van der Waals surface area contributed by atoms with E-state index in [2.05, 4.69) is 137 Å². The minimum atomic E-state index is -4.80. The fourth-order valence-corrected chi connectivity index (χ4v) is 7.49. The van der Waals surface area contributed by atoms with Gasteiger partial charge in [-0.3, -0.25) is 42.9 Å². The van der Waals surface area contributed by atoms with Crippen LogP contribution >= 0.6 is 112 Å². The molecule has 790 valence electrons. The molecule has 9 aromatic rings. The molecule has 9 heterocycles. The van der Waals surface area contributed by atoms with Crippen molar-refractivity contribution in [1.82, 2.24) is 43.7 Å². The molecule has 0 unspecified atom stereocenters. The van der Waals surface area contributed by atoms with Crippen molar-refractivity contribution < 1.29 is 192 Å². The molecular weight excluding hydrogens is 2590 g/mol. The molecule has 0 fully saturated rings. The number of aromatic nitrogens is 9. The zero-order chi connectivity index (χ0) is 99.8. The number of nitrogens with one attached hydrogen (secondary N) is 2. The predicted molar refractivity (Wildman–Crippen MR) is 505 cm³/mol. The number of methoxy groups -OCH3 is 5. The van der Waals surface area contributed by atoms with E-state index in [1.165, 1.54) is 58.6 Å². The van der Waals surface area contributed by atoms with E-state index in [1.807, 2.05) is 4.93 Å². The Kier molecular flexibility index (Phi) is 101. The molecule has 2 radical (unpaired) electrons. The number of fused-ring (bicyclic) bond motifs is 2. The number of carbonyl (C=O) groups excluding carboxylic acids is 6. The number of hydrogen-bond donors (Lipinski definition) is 6. The second kappa shape index (κ2) is 85.1. The Hall–Kier alpha value is -7.74. The molecule has 0 aliphatic heterocycles. The van der Waals surface area contributed by atoms with Crippen LogP contribution in [0.5, 0.6) is 28.7 Å². The number of ether oxygens (including phenoxy) is 8. The molecule has 7 N–H and O–H groups in total. The van der Waals surface area contributed by atoms with Gasteiger partial charge in [-0.15, -0.1) is 0 Å². The van der Waals surface area contributed by atoms with E-state index >= 15 is 0 Å². The molecule has 9 aromatic heterocycles. The number of pyridine rings is 7. The fourth-order valence-electron chi connectivity index (χ4n) is 6.57. The number of nitrogens with two attached hydrogens (primary N) is 2. The summed E-state index contributed by atoms with van der Waals surface area (Å²) in [6.45, 7) is 14.6. The van der Waals surface area contributed by atoms with Crippen LogP contribution in [0.4, 0.5) is 91.5 Å². The number of primary amides is 1. The second-order valence-electron chi connectivity index (χ2n) is 22.8. The summed E-state index contributed by atoms with van der Waals surface area (Å²) in [7, 11) is 25.7. The minimum absolute atomic E-state index is 0. The number of Topliss-reactive ketones (excluding diaryl/α,β-unsaturated/α-hetero) is 1. The molecule has 0 spiro atoms. The van der Waals surface area contributed by atoms with Crippen LogP contribution < -0.4 is 57.0 Å². The Morgan fingerprint density at radius 3 is 1.34 bits per heavy atom. The molecule has 61 heteroatoms. The normalized spacial score (nSPS) is 9.34. The standard InChI is InChI=1S/C11H15FN2O3.C10H5BrF4N2O2.C10H6F4N2O2.C6H5ClFNO.C6H7FN2O.C6H10O3.C5H3ClFNO.C5H3ClFN.C5H11NO2.C2HF3O.CH3I.CHO3.8CH4.2Ag.BHNS.Bi.3ClH/c1-11(2,3)17-10(15)14-9-5-8(16-4)7(12)6-13-9;1-19-5-2-6-16-8(10(13,14)15)7(11)9(18)17(6)3-4(5)12;1-18-6-2-8-15-7(10(12,13)14)3-9(17)16(8)4-5(6)11;1-10-5-2-6(7)9-3-4(5)8;1-10-5-2-6(8)9-3-4(5)7;1-3-9-6(8)4-5(2)7;6-5-1-4(9)3(7)2-8-5;6-5-2-1-4(7)3-8-5;1-5(2,3)8-4(6)7;3-2(4,5)1-6;1-2;2-1-4-3;;;;;;;;;;;1-2-3;;;;/h5-6H,1-4H3,(H,13,14,15);2-3H,1H3;2-4H,1H3;2-3H,1H3;2-3H,1H3,(H2,8,9);3-4H2,1-2H3;1-2H,(H,8,9);1-3H;1-3H3,(H2,6,7);1H;1H3;3H;8*1H4;;;3H;;3*1H/q;;;;;;;;;;;-1;;;;;;;;;;+1;;+3;;;/p-3. The predicted octanol–water partition coefficient (Wildman–Crippen LogP) is 22.5. The molecular formula is C76H103Ag2BBiBrCl6F16IN13O19S. The molecule has 0 saturated carbocycles. The van der Waals surface area contributed by atoms with E-state index in [0.29, 0.717) is 32.8 Å². The second-order valence-corrected chi connectivity index (χ2v) is 39.9. The molecule has 137 heavy (non-hydrogen) atoms. The Balaban J connectivity index is -0.0000000923. The van der Waals surface area contributed by atoms with Crippen molar-refractivity contribution in [3.8, 4) is 28.7 Å². The van der Waals surface area contributed by atoms with Crippen LogP contribution in [0, 0.1) is 40.7 Å². The van der Waals surface area contributed by atoms with E-state index in [9.17, 15) is 104 Å². The quantitative estimate of drug-likeness (QED) is 0.00591. The number of hydrogen-bond acceptors (Lipinski definition) is 28. The van der Waals surface area contributed by atoms with Crippen LogP contribution in [0.2, 0.25) is 15.5 Å². The molecule has 0 aromatic carbocycles. The van der Waals surface area contributed by atoms with Gasteiger partial charge in [0.25, 0.3) is 11.1 Å². The van der Waals surface area contributed by atoms with Crippen molar-refractivity contribution in [2.75, 3.05) is 58.1 Å². The van der Waals surface area contributed by atoms with E-state index in [0.717, 1.165) is 76.1 Å². The molecule has 0 bridgehead atoms. The monoisotopic (exact) mass is 2690 g/mol. The van der Waals surface area contributed by atoms with Crippen molar-refractivity contribution in [1.29, 1.82) is 0 Å². The first-order valence-corrected chi connectivity index (χ1v) is 49.6. The van der Waals surface area contributed by atoms with E-state index in [-0.39, 0.29) is 184 Å². The van der Waals surface area contributed by atoms with Crippen LogP contribution in [-0.4, -0.2) is 176 Å². The number of H-pyrrole nitrogens is 1. The summed E-state index contributed by atoms with van der Waals surface area (Å²) in [6, 6.07) is 9.71. The van der Waals surface area contributed by atoms with Crippen molar-refractivity contribution in [3.63, 3.8) is 0 Å². The first-order valence-electron chi connectivity index (χ1n) is 32.3. The molecule has 32 nitrogen and oxygen atoms in total. The van der Waals surface area contributed by atoms with Gasteiger partial charge in [-0.1, -0.05) is 117 Å². The van der Waals surface area contributed by atoms with Crippen LogP contribution in [0.1, 0.15) is 133 Å². The van der Waals surface area contributed by atoms with Gasteiger partial charge in [-0.25, -0.2) is 75.5 Å². The maximum absolute atomic E-state index is 13.4. The average Bonchev–Trinajstić information content (AvgIpc) is 0.764. The number of alkyl halides is 10. The molecule has 0 aliphatic rings. The van der Waals surface area contributed by atoms with Gasteiger partial charge in [-0.05, 0) is 94.9 Å². The third-order valence-electron chi connectivity index (χ3n) is 11.1. The van der Waals surface area contributed by atoms with Crippen molar-refractivity contribution in [2.45, 2.75) is 151 Å². The number of aldehydes is 1. The van der Waals surface area contributed by atoms with Crippen molar-refractivity contribution in [3.05, 3.63) is 201 Å². The van der Waals surface area contributed by atoms with Crippen LogP contribution in [0.25, 0.3) is 11.3 Å². The van der Waals surface area contributed by atoms with Gasteiger partial charge < -0.3 is 64.0 Å². The number of halogens is 24. The number of thiol groups is 1. The number of anilines is 2. The van der Waals surface area contributed by atoms with Crippen LogP contribution in [0.3, 0.4) is 0 Å². The molecule has 0 aliphatic carbocycles. The van der Waals surface area contributed by atoms with Gasteiger partial charge in [0.15, 0.2) is 75.0 Å². The van der Waals surface area contributed by atoms with E-state index < -0.39 is 140 Å². The summed E-state index contributed by atoms with van der Waals surface area (Å²) >= 11 is 21.8. The number of nitrogens with zero attached hydrogens (tertiary/aromatic N) is 9. The van der Waals surface area contributed by atoms with Gasteiger partial charge in [0.05, 0.1) is 79.3 Å². The maximum atomic E-state index is 13.4. The van der Waals surface area contributed by atoms with Gasteiger partial charge in [-0.2, -0.15) is 39.5 Å². The van der Waals surface area contributed by atoms with Gasteiger partial charge in [0.2, 0.25) is 11.7 Å². The average molecular weight is 2690 g/mol. The molecule has 2 amide bonds. The SMILES string of the molecule is C.C.C.C.C.C.C.C.CC(C)(C)OC(N)=O.CCOC(=O)CC(C)=O.CI.COc1cc(Cl)ncc1F.COc1cc(N)ncc1F.COc1cc(NC(=O)OC(C)(C)C)ncc1F.COc1cc2nc(C(F)(F)F)c(Br)c(=O)n2cc1F.COc1cc2nc(C(F)(F)F)cc(=O)n2cc1F.Fc1ccc(Cl)nc1.O=CC(F)(F)F.O=[C-]OO.O=c1cc(Cl)[nH]cc1F.[Ag+].[Ag].[B]=NS.[Cl][Bi]([Cl])[Cl].